The van der Waals surface area contributed by atoms with Crippen LogP contribution in [0.3, 0.4) is 0 Å². The Morgan fingerprint density at radius 3 is 2.57 bits per heavy atom. The maximum atomic E-state index is 11.1. The summed E-state index contributed by atoms with van der Waals surface area (Å²) >= 11 is 7.66. The molecule has 0 bridgehead atoms. The number of nitrogens with zero attached hydrogens (tertiary/aromatic N) is 3. The van der Waals surface area contributed by atoms with Crippen molar-refractivity contribution in [2.75, 3.05) is 0 Å². The zero-order chi connectivity index (χ0) is 19.3. The molecule has 0 amide bonds. The molecule has 0 radical (unpaired) electrons. The minimum Gasteiger partial charge on any atom is -0.481 e. The highest BCUT2D eigenvalue weighted by Crippen LogP contribution is 2.47. The molecule has 1 N–H and O–H groups in total. The Labute approximate surface area is 171 Å². The quantitative estimate of drug-likeness (QED) is 0.598. The molecule has 2 aliphatic carbocycles. The van der Waals surface area contributed by atoms with Crippen LogP contribution < -0.4 is 0 Å². The summed E-state index contributed by atoms with van der Waals surface area (Å²) in [4.78, 5) is 17.8. The summed E-state index contributed by atoms with van der Waals surface area (Å²) in [6, 6.07) is 12.2. The Morgan fingerprint density at radius 1 is 1.18 bits per heavy atom. The molecule has 0 spiro atoms. The molecule has 2 unspecified atom stereocenters. The van der Waals surface area contributed by atoms with Crippen LogP contribution in [0.5, 0.6) is 0 Å². The third-order valence-corrected chi connectivity index (χ3v) is 6.49. The number of hydrogen-bond donors (Lipinski definition) is 1. The molecule has 5 nitrogen and oxygen atoms in total. The fourth-order valence-corrected chi connectivity index (χ4v) is 4.43. The zero-order valence-corrected chi connectivity index (χ0v) is 16.5. The van der Waals surface area contributed by atoms with Gasteiger partial charge in [-0.05, 0) is 55.7 Å². The number of carbonyl (C=O) groups is 1. The summed E-state index contributed by atoms with van der Waals surface area (Å²) in [6.45, 7) is 0. The molecule has 1 aromatic carbocycles. The molecule has 0 aliphatic heterocycles. The molecule has 142 valence electrons. The lowest BCUT2D eigenvalue weighted by Crippen LogP contribution is -2.00. The molecular formula is C21H18ClN3O2S. The molecule has 7 heteroatoms. The second-order valence-corrected chi connectivity index (χ2v) is 8.92. The Balaban J connectivity index is 1.43. The number of rotatable bonds is 6. The van der Waals surface area contributed by atoms with Crippen molar-refractivity contribution in [2.24, 2.45) is 5.92 Å². The van der Waals surface area contributed by atoms with E-state index >= 15 is 0 Å². The summed E-state index contributed by atoms with van der Waals surface area (Å²) in [5.41, 5.74) is 2.72. The summed E-state index contributed by atoms with van der Waals surface area (Å²) in [5.74, 6) is -0.984. The van der Waals surface area contributed by atoms with E-state index in [0.29, 0.717) is 12.5 Å². The highest BCUT2D eigenvalue weighted by Gasteiger charge is 2.45. The lowest BCUT2D eigenvalue weighted by Gasteiger charge is -2.04. The molecule has 2 atom stereocenters. The molecule has 2 heterocycles. The number of aromatic nitrogens is 3. The van der Waals surface area contributed by atoms with Crippen LogP contribution in [0.25, 0.3) is 11.3 Å². The molecule has 28 heavy (non-hydrogen) atoms. The fourth-order valence-electron chi connectivity index (χ4n) is 3.36. The smallest absolute Gasteiger partial charge is 0.307 e. The van der Waals surface area contributed by atoms with Gasteiger partial charge in [-0.15, -0.1) is 0 Å². The van der Waals surface area contributed by atoms with Gasteiger partial charge in [-0.3, -0.25) is 14.5 Å². The topological polar surface area (TPSA) is 68.0 Å². The van der Waals surface area contributed by atoms with Gasteiger partial charge >= 0.3 is 5.97 Å². The van der Waals surface area contributed by atoms with Gasteiger partial charge in [-0.2, -0.15) is 5.10 Å². The van der Waals surface area contributed by atoms with E-state index < -0.39 is 5.97 Å². The van der Waals surface area contributed by atoms with Crippen LogP contribution >= 0.6 is 23.4 Å². The van der Waals surface area contributed by atoms with Gasteiger partial charge in [0.15, 0.2) is 0 Å². The van der Waals surface area contributed by atoms with E-state index in [9.17, 15) is 4.79 Å². The lowest BCUT2D eigenvalue weighted by atomic mass is 10.1. The number of pyridine rings is 1. The molecule has 3 aromatic rings. The Hall–Kier alpha value is -2.31. The van der Waals surface area contributed by atoms with E-state index in [2.05, 4.69) is 15.9 Å². The highest BCUT2D eigenvalue weighted by atomic mass is 35.5. The standard InChI is InChI=1S/C21H18ClN3O2S/c22-13-2-6-15(7-3-13)28-19-11-25(14-4-5-14)24-20(19)12-1-8-18(23-10-12)16-9-17(16)21(26)27/h1-3,6-8,10-11,14,16-17H,4-5,9H2,(H,26,27). The third-order valence-electron chi connectivity index (χ3n) is 5.21. The van der Waals surface area contributed by atoms with Crippen LogP contribution in [0.15, 0.2) is 58.6 Å². The van der Waals surface area contributed by atoms with E-state index in [1.165, 1.54) is 12.8 Å². The Bertz CT molecular complexity index is 1030. The second-order valence-electron chi connectivity index (χ2n) is 7.37. The largest absolute Gasteiger partial charge is 0.481 e. The van der Waals surface area contributed by atoms with Crippen LogP contribution in [-0.2, 0) is 4.79 Å². The number of benzene rings is 1. The summed E-state index contributed by atoms with van der Waals surface area (Å²) in [5, 5.41) is 14.7. The van der Waals surface area contributed by atoms with Crippen molar-refractivity contribution in [3.8, 4) is 11.3 Å². The van der Waals surface area contributed by atoms with Gasteiger partial charge in [0, 0.05) is 39.5 Å². The number of aliphatic carboxylic acids is 1. The average molecular weight is 412 g/mol. The van der Waals surface area contributed by atoms with E-state index in [0.717, 1.165) is 31.8 Å². The van der Waals surface area contributed by atoms with Gasteiger partial charge in [0.25, 0.3) is 0 Å². The van der Waals surface area contributed by atoms with Gasteiger partial charge in [0.1, 0.15) is 5.69 Å². The number of halogens is 1. The van der Waals surface area contributed by atoms with E-state index in [4.69, 9.17) is 21.8 Å². The van der Waals surface area contributed by atoms with Crippen molar-refractivity contribution in [1.29, 1.82) is 0 Å². The van der Waals surface area contributed by atoms with Crippen LogP contribution in [0, 0.1) is 5.92 Å². The first-order chi connectivity index (χ1) is 13.6. The average Bonchev–Trinajstić information content (AvgIpc) is 3.61. The molecular weight excluding hydrogens is 394 g/mol. The third kappa shape index (κ3) is 3.54. The first-order valence-electron chi connectivity index (χ1n) is 9.30. The molecule has 2 aromatic heterocycles. The highest BCUT2D eigenvalue weighted by molar-refractivity contribution is 7.99. The zero-order valence-electron chi connectivity index (χ0n) is 15.0. The van der Waals surface area contributed by atoms with E-state index in [1.807, 2.05) is 42.6 Å². The van der Waals surface area contributed by atoms with Crippen molar-refractivity contribution in [3.63, 3.8) is 0 Å². The predicted octanol–water partition coefficient (Wildman–Crippen LogP) is 5.27. The molecule has 0 saturated heterocycles. The van der Waals surface area contributed by atoms with E-state index in [-0.39, 0.29) is 11.8 Å². The van der Waals surface area contributed by atoms with Crippen LogP contribution in [0.1, 0.15) is 36.9 Å². The SMILES string of the molecule is O=C(O)C1CC1c1ccc(-c2nn(C3CC3)cc2Sc2ccc(Cl)cc2)cn1. The monoisotopic (exact) mass is 411 g/mol. The first-order valence-corrected chi connectivity index (χ1v) is 10.5. The maximum Gasteiger partial charge on any atom is 0.307 e. The van der Waals surface area contributed by atoms with Gasteiger partial charge in [-0.1, -0.05) is 23.4 Å². The number of carboxylic acids is 1. The minimum atomic E-state index is -0.735. The number of hydrogen-bond acceptors (Lipinski definition) is 4. The summed E-state index contributed by atoms with van der Waals surface area (Å²) < 4.78 is 2.06. The van der Waals surface area contributed by atoms with Crippen molar-refractivity contribution in [1.82, 2.24) is 14.8 Å². The Morgan fingerprint density at radius 2 is 1.96 bits per heavy atom. The predicted molar refractivity (Wildman–Crippen MR) is 108 cm³/mol. The van der Waals surface area contributed by atoms with E-state index in [1.54, 1.807) is 11.8 Å². The molecule has 2 fully saturated rings. The van der Waals surface area contributed by atoms with Crippen molar-refractivity contribution >= 4 is 29.3 Å². The maximum absolute atomic E-state index is 11.1. The van der Waals surface area contributed by atoms with Crippen LogP contribution in [-0.4, -0.2) is 25.8 Å². The summed E-state index contributed by atoms with van der Waals surface area (Å²) in [7, 11) is 0. The number of carboxylic acid groups (broad SMARTS) is 1. The summed E-state index contributed by atoms with van der Waals surface area (Å²) in [6.07, 6.45) is 6.94. The van der Waals surface area contributed by atoms with Crippen molar-refractivity contribution in [2.45, 2.75) is 41.0 Å². The molecule has 2 aliphatic rings. The lowest BCUT2D eigenvalue weighted by molar-refractivity contribution is -0.138. The van der Waals surface area contributed by atoms with Gasteiger partial charge in [0.05, 0.1) is 16.9 Å². The van der Waals surface area contributed by atoms with Gasteiger partial charge < -0.3 is 5.11 Å². The van der Waals surface area contributed by atoms with Gasteiger partial charge in [-0.25, -0.2) is 0 Å². The van der Waals surface area contributed by atoms with Crippen LogP contribution in [0.2, 0.25) is 5.02 Å². The van der Waals surface area contributed by atoms with Crippen molar-refractivity contribution < 1.29 is 9.90 Å². The molecule has 5 rings (SSSR count). The van der Waals surface area contributed by atoms with Crippen LogP contribution in [0.4, 0.5) is 0 Å². The van der Waals surface area contributed by atoms with Crippen molar-refractivity contribution in [3.05, 3.63) is 59.5 Å². The molecule has 2 saturated carbocycles. The normalized spacial score (nSPS) is 20.9. The first kappa shape index (κ1) is 17.8. The fraction of sp³-hybridized carbons (Fsp3) is 0.286. The van der Waals surface area contributed by atoms with Gasteiger partial charge in [0.2, 0.25) is 0 Å². The Kier molecular flexibility index (Phi) is 4.40. The second kappa shape index (κ2) is 6.94. The minimum absolute atomic E-state index is 0.0403.